The summed E-state index contributed by atoms with van der Waals surface area (Å²) in [6.07, 6.45) is 6.62. The molecule has 0 aliphatic heterocycles. The van der Waals surface area contributed by atoms with E-state index in [9.17, 15) is 9.18 Å². The molecular formula is C24H26FN3O2. The van der Waals surface area contributed by atoms with E-state index in [1.54, 1.807) is 31.5 Å². The minimum absolute atomic E-state index is 0.164. The number of nitrogens with zero attached hydrogens (tertiary/aromatic N) is 1. The average Bonchev–Trinajstić information content (AvgIpc) is 2.76. The van der Waals surface area contributed by atoms with Gasteiger partial charge >= 0.3 is 0 Å². The summed E-state index contributed by atoms with van der Waals surface area (Å²) in [7, 11) is 1.65. The zero-order valence-corrected chi connectivity index (χ0v) is 17.2. The summed E-state index contributed by atoms with van der Waals surface area (Å²) in [6.45, 7) is 2.68. The third-order valence-electron chi connectivity index (χ3n) is 4.73. The number of carbonyl (C=O) groups excluding carboxylic acids is 1. The van der Waals surface area contributed by atoms with Crippen LogP contribution in [0.1, 0.15) is 25.3 Å². The fraction of sp³-hybridized carbons (Fsp3) is 0.250. The van der Waals surface area contributed by atoms with Crippen LogP contribution in [0, 0.1) is 5.82 Å². The average molecular weight is 407 g/mol. The van der Waals surface area contributed by atoms with Gasteiger partial charge in [-0.1, -0.05) is 18.2 Å². The predicted molar refractivity (Wildman–Crippen MR) is 119 cm³/mol. The molecule has 3 rings (SSSR count). The molecule has 0 saturated carbocycles. The Kier molecular flexibility index (Phi) is 7.38. The highest BCUT2D eigenvalue weighted by atomic mass is 19.1. The van der Waals surface area contributed by atoms with Gasteiger partial charge in [0.25, 0.3) is 0 Å². The molecule has 3 aromatic rings. The van der Waals surface area contributed by atoms with Gasteiger partial charge in [0.15, 0.2) is 0 Å². The Morgan fingerprint density at radius 1 is 1.23 bits per heavy atom. The lowest BCUT2D eigenvalue weighted by Gasteiger charge is -2.17. The van der Waals surface area contributed by atoms with Crippen LogP contribution in [0.3, 0.4) is 0 Å². The lowest BCUT2D eigenvalue weighted by molar-refractivity contribution is -0.116. The van der Waals surface area contributed by atoms with Crippen LogP contribution in [0.4, 0.5) is 10.1 Å². The van der Waals surface area contributed by atoms with Gasteiger partial charge in [0.1, 0.15) is 11.6 Å². The maximum absolute atomic E-state index is 12.9. The van der Waals surface area contributed by atoms with E-state index in [1.807, 2.05) is 24.3 Å². The third kappa shape index (κ3) is 6.04. The molecule has 0 radical (unpaired) electrons. The number of hydrogen-bond acceptors (Lipinski definition) is 4. The van der Waals surface area contributed by atoms with Gasteiger partial charge < -0.3 is 15.4 Å². The number of carbonyl (C=O) groups is 1. The second-order valence-electron chi connectivity index (χ2n) is 7.11. The topological polar surface area (TPSA) is 63.2 Å². The molecular weight excluding hydrogens is 381 g/mol. The molecule has 2 N–H and O–H groups in total. The second-order valence-corrected chi connectivity index (χ2v) is 7.11. The van der Waals surface area contributed by atoms with Gasteiger partial charge in [-0.15, -0.1) is 0 Å². The van der Waals surface area contributed by atoms with Gasteiger partial charge in [-0.05, 0) is 55.7 Å². The molecule has 1 unspecified atom stereocenters. The summed E-state index contributed by atoms with van der Waals surface area (Å²) in [6, 6.07) is 14.0. The fourth-order valence-corrected chi connectivity index (χ4v) is 3.15. The number of amides is 1. The zero-order valence-electron chi connectivity index (χ0n) is 17.2. The Bertz CT molecular complexity index is 1020. The summed E-state index contributed by atoms with van der Waals surface area (Å²) in [5.74, 6) is 0.324. The zero-order chi connectivity index (χ0) is 21.3. The van der Waals surface area contributed by atoms with E-state index in [0.717, 1.165) is 40.7 Å². The summed E-state index contributed by atoms with van der Waals surface area (Å²) >= 11 is 0. The first-order chi connectivity index (χ1) is 14.5. The number of fused-ring (bicyclic) bond motifs is 1. The van der Waals surface area contributed by atoms with Crippen LogP contribution < -0.4 is 15.4 Å². The van der Waals surface area contributed by atoms with Crippen LogP contribution in [0.5, 0.6) is 5.75 Å². The smallest absolute Gasteiger partial charge is 0.243 e. The van der Waals surface area contributed by atoms with Crippen LogP contribution in [0.2, 0.25) is 0 Å². The maximum atomic E-state index is 12.9. The highest BCUT2D eigenvalue weighted by Gasteiger charge is 2.09. The molecule has 0 fully saturated rings. The minimum Gasteiger partial charge on any atom is -0.497 e. The van der Waals surface area contributed by atoms with Crippen molar-refractivity contribution in [1.82, 2.24) is 10.3 Å². The van der Waals surface area contributed by atoms with E-state index in [2.05, 4.69) is 22.5 Å². The number of pyridine rings is 1. The summed E-state index contributed by atoms with van der Waals surface area (Å²) in [4.78, 5) is 16.4. The first kappa shape index (κ1) is 21.3. The fourth-order valence-electron chi connectivity index (χ4n) is 3.15. The van der Waals surface area contributed by atoms with Gasteiger partial charge in [0, 0.05) is 36.3 Å². The number of methoxy groups -OCH3 is 1. The highest BCUT2D eigenvalue weighted by Crippen LogP contribution is 2.28. The van der Waals surface area contributed by atoms with Gasteiger partial charge in [0.2, 0.25) is 5.91 Å². The standard InChI is InChI=1S/C24H26FN3O2/c1-17(28-22-16-21(30-2)15-19-6-4-14-27-24(19)22)5-3-13-26-23(29)12-9-18-7-10-20(25)11-8-18/h4,6-12,14-17,28H,3,5,13H2,1-2H3,(H,26,29)/b12-9+. The number of rotatable bonds is 9. The number of ether oxygens (including phenoxy) is 1. The SMILES string of the molecule is COc1cc(NC(C)CCCNC(=O)/C=C/c2ccc(F)cc2)c2ncccc2c1. The van der Waals surface area contributed by atoms with Crippen LogP contribution in [0.25, 0.3) is 17.0 Å². The van der Waals surface area contributed by atoms with Crippen molar-refractivity contribution in [3.8, 4) is 5.75 Å². The molecule has 0 aliphatic rings. The summed E-state index contributed by atoms with van der Waals surface area (Å²) < 4.78 is 18.3. The number of nitrogens with one attached hydrogen (secondary N) is 2. The molecule has 0 aliphatic carbocycles. The Morgan fingerprint density at radius 2 is 2.03 bits per heavy atom. The number of hydrogen-bond donors (Lipinski definition) is 2. The number of aromatic nitrogens is 1. The van der Waals surface area contributed by atoms with E-state index in [-0.39, 0.29) is 17.8 Å². The molecule has 0 bridgehead atoms. The van der Waals surface area contributed by atoms with E-state index in [1.165, 1.54) is 18.2 Å². The maximum Gasteiger partial charge on any atom is 0.243 e. The van der Waals surface area contributed by atoms with E-state index in [4.69, 9.17) is 4.74 Å². The molecule has 6 heteroatoms. The molecule has 0 saturated heterocycles. The van der Waals surface area contributed by atoms with Crippen LogP contribution >= 0.6 is 0 Å². The molecule has 2 aromatic carbocycles. The Balaban J connectivity index is 1.46. The minimum atomic E-state index is -0.294. The van der Waals surface area contributed by atoms with Gasteiger partial charge in [-0.2, -0.15) is 0 Å². The number of benzene rings is 2. The van der Waals surface area contributed by atoms with Gasteiger partial charge in [-0.25, -0.2) is 4.39 Å². The molecule has 30 heavy (non-hydrogen) atoms. The molecule has 1 atom stereocenters. The highest BCUT2D eigenvalue weighted by molar-refractivity contribution is 5.92. The van der Waals surface area contributed by atoms with Crippen LogP contribution in [0.15, 0.2) is 60.8 Å². The Labute approximate surface area is 176 Å². The van der Waals surface area contributed by atoms with Crippen molar-refractivity contribution in [3.05, 3.63) is 72.2 Å². The quantitative estimate of drug-likeness (QED) is 0.395. The summed E-state index contributed by atoms with van der Waals surface area (Å²) in [5.41, 5.74) is 2.62. The molecule has 1 amide bonds. The first-order valence-corrected chi connectivity index (χ1v) is 9.96. The van der Waals surface area contributed by atoms with Crippen LogP contribution in [-0.4, -0.2) is 30.6 Å². The third-order valence-corrected chi connectivity index (χ3v) is 4.73. The largest absolute Gasteiger partial charge is 0.497 e. The Morgan fingerprint density at radius 3 is 2.80 bits per heavy atom. The molecule has 1 heterocycles. The normalized spacial score (nSPS) is 12.1. The second kappa shape index (κ2) is 10.4. The predicted octanol–water partition coefficient (Wildman–Crippen LogP) is 4.79. The monoisotopic (exact) mass is 407 g/mol. The number of anilines is 1. The molecule has 156 valence electrons. The van der Waals surface area contributed by atoms with Crippen molar-refractivity contribution in [1.29, 1.82) is 0 Å². The molecule has 0 spiro atoms. The molecule has 5 nitrogen and oxygen atoms in total. The van der Waals surface area contributed by atoms with Gasteiger partial charge in [0.05, 0.1) is 18.3 Å². The Hall–Kier alpha value is -3.41. The molecule has 1 aromatic heterocycles. The lowest BCUT2D eigenvalue weighted by Crippen LogP contribution is -2.24. The van der Waals surface area contributed by atoms with E-state index in [0.29, 0.717) is 6.54 Å². The van der Waals surface area contributed by atoms with Crippen molar-refractivity contribution in [2.45, 2.75) is 25.8 Å². The first-order valence-electron chi connectivity index (χ1n) is 9.96. The van der Waals surface area contributed by atoms with Crippen molar-refractivity contribution >= 4 is 28.6 Å². The van der Waals surface area contributed by atoms with Crippen molar-refractivity contribution in [3.63, 3.8) is 0 Å². The van der Waals surface area contributed by atoms with Crippen molar-refractivity contribution in [2.24, 2.45) is 0 Å². The lowest BCUT2D eigenvalue weighted by atomic mass is 10.1. The van der Waals surface area contributed by atoms with Crippen LogP contribution in [-0.2, 0) is 4.79 Å². The van der Waals surface area contributed by atoms with Gasteiger partial charge in [-0.3, -0.25) is 9.78 Å². The van der Waals surface area contributed by atoms with Crippen molar-refractivity contribution < 1.29 is 13.9 Å². The van der Waals surface area contributed by atoms with E-state index >= 15 is 0 Å². The number of halogens is 1. The summed E-state index contributed by atoms with van der Waals surface area (Å²) in [5, 5.41) is 7.39. The van der Waals surface area contributed by atoms with E-state index < -0.39 is 0 Å². The van der Waals surface area contributed by atoms with Crippen molar-refractivity contribution in [2.75, 3.05) is 19.0 Å².